The monoisotopic (exact) mass is 347 g/mol. The Hall–Kier alpha value is -2.25. The standard InChI is InChI=1S/C16H20F3NO4/c1-15(2,3)24-14(22)20-12(13(21)23-4)9-10-5-7-11(8-6-10)16(17,18)19/h5-8,12H,9H2,1-4H3,(H,20,22)/t12-/m1/s1. The molecular weight excluding hydrogens is 327 g/mol. The van der Waals surface area contributed by atoms with Crippen molar-refractivity contribution in [1.29, 1.82) is 0 Å². The predicted molar refractivity (Wildman–Crippen MR) is 80.3 cm³/mol. The number of carbonyl (C=O) groups excluding carboxylic acids is 2. The Kier molecular flexibility index (Phi) is 6.22. The van der Waals surface area contributed by atoms with Gasteiger partial charge in [0, 0.05) is 6.42 Å². The molecule has 0 radical (unpaired) electrons. The molecule has 0 bridgehead atoms. The molecule has 5 nitrogen and oxygen atoms in total. The second-order valence-electron chi connectivity index (χ2n) is 6.12. The van der Waals surface area contributed by atoms with Crippen molar-refractivity contribution in [3.05, 3.63) is 35.4 Å². The zero-order valence-corrected chi connectivity index (χ0v) is 13.9. The number of amides is 1. The maximum atomic E-state index is 12.5. The van der Waals surface area contributed by atoms with Gasteiger partial charge in [0.15, 0.2) is 0 Å². The van der Waals surface area contributed by atoms with E-state index in [2.05, 4.69) is 10.1 Å². The van der Waals surface area contributed by atoms with Crippen molar-refractivity contribution in [2.75, 3.05) is 7.11 Å². The summed E-state index contributed by atoms with van der Waals surface area (Å²) in [4.78, 5) is 23.5. The van der Waals surface area contributed by atoms with Crippen LogP contribution in [0.4, 0.5) is 18.0 Å². The molecule has 8 heteroatoms. The average molecular weight is 347 g/mol. The molecule has 0 aliphatic heterocycles. The molecule has 0 aromatic heterocycles. The largest absolute Gasteiger partial charge is 0.467 e. The molecule has 1 N–H and O–H groups in total. The minimum absolute atomic E-state index is 0.0238. The average Bonchev–Trinajstić information content (AvgIpc) is 2.43. The van der Waals surface area contributed by atoms with Crippen molar-refractivity contribution in [1.82, 2.24) is 5.32 Å². The van der Waals surface area contributed by atoms with Gasteiger partial charge in [0.1, 0.15) is 11.6 Å². The number of halogens is 3. The maximum Gasteiger partial charge on any atom is 0.416 e. The van der Waals surface area contributed by atoms with E-state index in [1.54, 1.807) is 20.8 Å². The molecule has 0 heterocycles. The number of esters is 1. The molecule has 0 unspecified atom stereocenters. The van der Waals surface area contributed by atoms with Crippen molar-refractivity contribution in [3.8, 4) is 0 Å². The van der Waals surface area contributed by atoms with Crippen LogP contribution in [-0.2, 0) is 26.9 Å². The Morgan fingerprint density at radius 1 is 1.12 bits per heavy atom. The van der Waals surface area contributed by atoms with Crippen molar-refractivity contribution < 1.29 is 32.2 Å². The summed E-state index contributed by atoms with van der Waals surface area (Å²) in [5.74, 6) is -0.722. The number of carbonyl (C=O) groups is 2. The van der Waals surface area contributed by atoms with Gasteiger partial charge in [-0.3, -0.25) is 0 Å². The third kappa shape index (κ3) is 6.47. The number of hydrogen-bond acceptors (Lipinski definition) is 4. The van der Waals surface area contributed by atoms with E-state index < -0.39 is 35.4 Å². The van der Waals surface area contributed by atoms with Crippen LogP contribution in [-0.4, -0.2) is 30.8 Å². The molecule has 134 valence electrons. The van der Waals surface area contributed by atoms with Gasteiger partial charge in [0.25, 0.3) is 0 Å². The zero-order valence-electron chi connectivity index (χ0n) is 13.9. The Balaban J connectivity index is 2.83. The van der Waals surface area contributed by atoms with E-state index >= 15 is 0 Å². The van der Waals surface area contributed by atoms with Gasteiger partial charge in [-0.1, -0.05) is 12.1 Å². The second-order valence-corrected chi connectivity index (χ2v) is 6.12. The summed E-state index contributed by atoms with van der Waals surface area (Å²) in [6.07, 6.45) is -5.27. The first-order valence-corrected chi connectivity index (χ1v) is 7.16. The van der Waals surface area contributed by atoms with Gasteiger partial charge in [-0.15, -0.1) is 0 Å². The number of ether oxygens (including phenoxy) is 2. The van der Waals surface area contributed by atoms with E-state index in [-0.39, 0.29) is 6.42 Å². The highest BCUT2D eigenvalue weighted by Gasteiger charge is 2.30. The van der Waals surface area contributed by atoms with Crippen LogP contribution < -0.4 is 5.32 Å². The highest BCUT2D eigenvalue weighted by atomic mass is 19.4. The lowest BCUT2D eigenvalue weighted by atomic mass is 10.0. The van der Waals surface area contributed by atoms with E-state index in [9.17, 15) is 22.8 Å². The molecule has 1 rings (SSSR count). The zero-order chi connectivity index (χ0) is 18.5. The van der Waals surface area contributed by atoms with Gasteiger partial charge >= 0.3 is 18.2 Å². The number of methoxy groups -OCH3 is 1. The molecule has 0 aliphatic carbocycles. The first-order valence-electron chi connectivity index (χ1n) is 7.16. The van der Waals surface area contributed by atoms with E-state index in [0.29, 0.717) is 5.56 Å². The first kappa shape index (κ1) is 19.8. The Labute approximate surface area is 138 Å². The van der Waals surface area contributed by atoms with E-state index in [0.717, 1.165) is 19.2 Å². The molecule has 0 fully saturated rings. The number of benzene rings is 1. The van der Waals surface area contributed by atoms with E-state index in [1.807, 2.05) is 0 Å². The molecule has 1 aromatic rings. The fourth-order valence-electron chi connectivity index (χ4n) is 1.85. The van der Waals surface area contributed by atoms with Crippen LogP contribution in [0, 0.1) is 0 Å². The van der Waals surface area contributed by atoms with Crippen molar-refractivity contribution in [2.45, 2.75) is 45.0 Å². The first-order chi connectivity index (χ1) is 10.9. The quantitative estimate of drug-likeness (QED) is 0.849. The van der Waals surface area contributed by atoms with Crippen LogP contribution in [0.2, 0.25) is 0 Å². The lowest BCUT2D eigenvalue weighted by molar-refractivity contribution is -0.143. The highest BCUT2D eigenvalue weighted by Crippen LogP contribution is 2.29. The summed E-state index contributed by atoms with van der Waals surface area (Å²) in [6, 6.07) is 3.25. The third-order valence-electron chi connectivity index (χ3n) is 2.90. The summed E-state index contributed by atoms with van der Waals surface area (Å²) in [5.41, 5.74) is -1.10. The fourth-order valence-corrected chi connectivity index (χ4v) is 1.85. The summed E-state index contributed by atoms with van der Waals surface area (Å²) in [5, 5.41) is 2.36. The summed E-state index contributed by atoms with van der Waals surface area (Å²) >= 11 is 0. The van der Waals surface area contributed by atoms with E-state index in [1.165, 1.54) is 12.1 Å². The van der Waals surface area contributed by atoms with Crippen molar-refractivity contribution >= 4 is 12.1 Å². The summed E-state index contributed by atoms with van der Waals surface area (Å²) < 4.78 is 47.3. The minimum Gasteiger partial charge on any atom is -0.467 e. The smallest absolute Gasteiger partial charge is 0.416 e. The molecular formula is C16H20F3NO4. The van der Waals surface area contributed by atoms with Crippen molar-refractivity contribution in [2.24, 2.45) is 0 Å². The molecule has 0 saturated heterocycles. The van der Waals surface area contributed by atoms with Gasteiger partial charge in [-0.05, 0) is 38.5 Å². The van der Waals surface area contributed by atoms with Gasteiger partial charge in [0.05, 0.1) is 12.7 Å². The predicted octanol–water partition coefficient (Wildman–Crippen LogP) is 3.31. The number of rotatable bonds is 4. The van der Waals surface area contributed by atoms with Gasteiger partial charge in [-0.25, -0.2) is 9.59 Å². The number of alkyl carbamates (subject to hydrolysis) is 1. The highest BCUT2D eigenvalue weighted by molar-refractivity contribution is 5.81. The second kappa shape index (κ2) is 7.55. The van der Waals surface area contributed by atoms with Crippen LogP contribution in [0.5, 0.6) is 0 Å². The number of hydrogen-bond donors (Lipinski definition) is 1. The van der Waals surface area contributed by atoms with Crippen LogP contribution in [0.3, 0.4) is 0 Å². The fraction of sp³-hybridized carbons (Fsp3) is 0.500. The van der Waals surface area contributed by atoms with Gasteiger partial charge in [-0.2, -0.15) is 13.2 Å². The SMILES string of the molecule is COC(=O)[C@@H](Cc1ccc(C(F)(F)F)cc1)NC(=O)OC(C)(C)C. The van der Waals surface area contributed by atoms with Crippen LogP contribution in [0.15, 0.2) is 24.3 Å². The Bertz CT molecular complexity index is 576. The molecule has 0 spiro atoms. The molecule has 24 heavy (non-hydrogen) atoms. The Morgan fingerprint density at radius 2 is 1.67 bits per heavy atom. The van der Waals surface area contributed by atoms with E-state index in [4.69, 9.17) is 4.74 Å². The van der Waals surface area contributed by atoms with Gasteiger partial charge in [0.2, 0.25) is 0 Å². The molecule has 0 saturated carbocycles. The van der Waals surface area contributed by atoms with Crippen molar-refractivity contribution in [3.63, 3.8) is 0 Å². The number of nitrogens with one attached hydrogen (secondary N) is 1. The van der Waals surface area contributed by atoms with Gasteiger partial charge < -0.3 is 14.8 Å². The molecule has 1 amide bonds. The molecule has 1 aromatic carbocycles. The van der Waals surface area contributed by atoms with Crippen LogP contribution >= 0.6 is 0 Å². The lowest BCUT2D eigenvalue weighted by Crippen LogP contribution is -2.45. The van der Waals surface area contributed by atoms with Crippen LogP contribution in [0.1, 0.15) is 31.9 Å². The Morgan fingerprint density at radius 3 is 2.08 bits per heavy atom. The third-order valence-corrected chi connectivity index (χ3v) is 2.90. The van der Waals surface area contributed by atoms with Crippen LogP contribution in [0.25, 0.3) is 0 Å². The summed E-state index contributed by atoms with van der Waals surface area (Å²) in [7, 11) is 1.15. The lowest BCUT2D eigenvalue weighted by Gasteiger charge is -2.22. The topological polar surface area (TPSA) is 64.6 Å². The minimum atomic E-state index is -4.44. The molecule has 0 aliphatic rings. The number of alkyl halides is 3. The maximum absolute atomic E-state index is 12.5. The normalized spacial score (nSPS) is 13.1. The molecule has 1 atom stereocenters. The summed E-state index contributed by atoms with van der Waals surface area (Å²) in [6.45, 7) is 4.99.